The molecule has 0 unspecified atom stereocenters. The van der Waals surface area contributed by atoms with E-state index in [-0.39, 0.29) is 18.4 Å². The van der Waals surface area contributed by atoms with Crippen molar-refractivity contribution in [1.82, 2.24) is 0 Å². The summed E-state index contributed by atoms with van der Waals surface area (Å²) >= 11 is 0. The lowest BCUT2D eigenvalue weighted by Gasteiger charge is -2.12. The van der Waals surface area contributed by atoms with E-state index in [1.807, 2.05) is 13.0 Å². The molecule has 8 nitrogen and oxygen atoms in total. The van der Waals surface area contributed by atoms with Gasteiger partial charge in [-0.25, -0.2) is 4.79 Å². The van der Waals surface area contributed by atoms with Crippen LogP contribution in [0.15, 0.2) is 66.7 Å². The van der Waals surface area contributed by atoms with E-state index in [0.717, 1.165) is 5.56 Å². The largest absolute Gasteiger partial charge is 0.482 e. The normalized spacial score (nSPS) is 9.97. The molecule has 0 bridgehead atoms. The number of ether oxygens (including phenoxy) is 2. The van der Waals surface area contributed by atoms with Crippen molar-refractivity contribution < 1.29 is 23.9 Å². The zero-order valence-corrected chi connectivity index (χ0v) is 18.0. The van der Waals surface area contributed by atoms with Gasteiger partial charge in [-0.15, -0.1) is 0 Å². The van der Waals surface area contributed by atoms with Crippen LogP contribution in [0.3, 0.4) is 0 Å². The van der Waals surface area contributed by atoms with Gasteiger partial charge in [-0.2, -0.15) is 5.26 Å². The van der Waals surface area contributed by atoms with Crippen LogP contribution in [0.1, 0.15) is 31.8 Å². The summed E-state index contributed by atoms with van der Waals surface area (Å²) in [6.07, 6.45) is 0. The number of hydrogen-bond donors (Lipinski definition) is 2. The maximum Gasteiger partial charge on any atom is 0.343 e. The number of methoxy groups -OCH3 is 1. The molecule has 2 N–H and O–H groups in total. The van der Waals surface area contributed by atoms with Gasteiger partial charge >= 0.3 is 5.97 Å². The fourth-order valence-electron chi connectivity index (χ4n) is 2.83. The second-order valence-corrected chi connectivity index (χ2v) is 7.02. The van der Waals surface area contributed by atoms with E-state index in [9.17, 15) is 14.4 Å². The number of nitriles is 1. The van der Waals surface area contributed by atoms with E-state index in [1.165, 1.54) is 7.11 Å². The molecule has 3 aromatic carbocycles. The highest BCUT2D eigenvalue weighted by Crippen LogP contribution is 2.22. The smallest absolute Gasteiger partial charge is 0.343 e. The summed E-state index contributed by atoms with van der Waals surface area (Å²) in [5, 5.41) is 14.5. The number of nitrogens with one attached hydrogen (secondary N) is 2. The van der Waals surface area contributed by atoms with Crippen molar-refractivity contribution in [2.45, 2.75) is 6.92 Å². The first kappa shape index (κ1) is 23.0. The minimum atomic E-state index is -0.501. The van der Waals surface area contributed by atoms with Crippen LogP contribution >= 0.6 is 0 Å². The SMILES string of the molecule is COC(=O)COc1ccc(C(=O)Nc2cc(NC(=O)c3ccc(C#N)cc3)ccc2C)cc1. The standard InChI is InChI=1S/C25H21N3O5/c1-16-3-10-20(27-24(30)18-6-4-17(14-26)5-7-18)13-22(16)28-25(31)19-8-11-21(12-9-19)33-15-23(29)32-2/h3-13H,15H2,1-2H3,(H,27,30)(H,28,31). The number of amides is 2. The molecule has 0 saturated carbocycles. The van der Waals surface area contributed by atoms with Gasteiger partial charge in [0.2, 0.25) is 0 Å². The molecule has 0 heterocycles. The van der Waals surface area contributed by atoms with Crippen LogP contribution in [-0.2, 0) is 9.53 Å². The summed E-state index contributed by atoms with van der Waals surface area (Å²) in [7, 11) is 1.27. The first-order valence-electron chi connectivity index (χ1n) is 9.93. The number of hydrogen-bond acceptors (Lipinski definition) is 6. The van der Waals surface area contributed by atoms with Crippen LogP contribution in [0.5, 0.6) is 5.75 Å². The molecule has 3 aromatic rings. The molecular weight excluding hydrogens is 422 g/mol. The highest BCUT2D eigenvalue weighted by Gasteiger charge is 2.11. The van der Waals surface area contributed by atoms with Crippen LogP contribution in [0.25, 0.3) is 0 Å². The third-order valence-corrected chi connectivity index (χ3v) is 4.72. The topological polar surface area (TPSA) is 118 Å². The summed E-state index contributed by atoms with van der Waals surface area (Å²) < 4.78 is 9.78. The Bertz CT molecular complexity index is 1210. The number of rotatable bonds is 7. The first-order chi connectivity index (χ1) is 15.9. The zero-order valence-electron chi connectivity index (χ0n) is 18.0. The quantitative estimate of drug-likeness (QED) is 0.535. The van der Waals surface area contributed by atoms with Gasteiger partial charge in [0.1, 0.15) is 5.75 Å². The van der Waals surface area contributed by atoms with Gasteiger partial charge in [-0.1, -0.05) is 6.07 Å². The molecular formula is C25H21N3O5. The minimum Gasteiger partial charge on any atom is -0.482 e. The van der Waals surface area contributed by atoms with Crippen molar-refractivity contribution in [3.8, 4) is 11.8 Å². The van der Waals surface area contributed by atoms with Crippen molar-refractivity contribution in [2.75, 3.05) is 24.4 Å². The third-order valence-electron chi connectivity index (χ3n) is 4.72. The van der Waals surface area contributed by atoms with Gasteiger partial charge in [0, 0.05) is 22.5 Å². The Balaban J connectivity index is 1.66. The monoisotopic (exact) mass is 443 g/mol. The number of esters is 1. The molecule has 0 atom stereocenters. The van der Waals surface area contributed by atoms with E-state index in [2.05, 4.69) is 15.4 Å². The maximum atomic E-state index is 12.7. The van der Waals surface area contributed by atoms with Gasteiger partial charge in [0.05, 0.1) is 18.7 Å². The molecule has 2 amide bonds. The zero-order chi connectivity index (χ0) is 23.8. The lowest BCUT2D eigenvalue weighted by molar-refractivity contribution is -0.142. The fourth-order valence-corrected chi connectivity index (χ4v) is 2.83. The number of aryl methyl sites for hydroxylation is 1. The molecule has 3 rings (SSSR count). The van der Waals surface area contributed by atoms with Gasteiger partial charge in [-0.3, -0.25) is 9.59 Å². The predicted molar refractivity (Wildman–Crippen MR) is 122 cm³/mol. The Hall–Kier alpha value is -4.64. The van der Waals surface area contributed by atoms with Gasteiger partial charge in [0.25, 0.3) is 11.8 Å². The molecule has 0 radical (unpaired) electrons. The van der Waals surface area contributed by atoms with Gasteiger partial charge < -0.3 is 20.1 Å². The number of benzene rings is 3. The van der Waals surface area contributed by atoms with Crippen molar-refractivity contribution >= 4 is 29.2 Å². The summed E-state index contributed by atoms with van der Waals surface area (Å²) in [4.78, 5) is 36.3. The van der Waals surface area contributed by atoms with E-state index < -0.39 is 5.97 Å². The molecule has 33 heavy (non-hydrogen) atoms. The van der Waals surface area contributed by atoms with Crippen molar-refractivity contribution in [3.05, 3.63) is 89.0 Å². The molecule has 0 fully saturated rings. The van der Waals surface area contributed by atoms with Crippen LogP contribution in [0, 0.1) is 18.3 Å². The Labute approximate surface area is 190 Å². The number of carbonyl (C=O) groups excluding carboxylic acids is 3. The summed E-state index contributed by atoms with van der Waals surface area (Å²) in [6.45, 7) is 1.62. The van der Waals surface area contributed by atoms with Crippen molar-refractivity contribution in [2.24, 2.45) is 0 Å². The van der Waals surface area contributed by atoms with Crippen LogP contribution < -0.4 is 15.4 Å². The maximum absolute atomic E-state index is 12.7. The number of carbonyl (C=O) groups is 3. The van der Waals surface area contributed by atoms with E-state index >= 15 is 0 Å². The van der Waals surface area contributed by atoms with Crippen LogP contribution in [0.4, 0.5) is 11.4 Å². The highest BCUT2D eigenvalue weighted by atomic mass is 16.6. The van der Waals surface area contributed by atoms with Crippen molar-refractivity contribution in [3.63, 3.8) is 0 Å². The lowest BCUT2D eigenvalue weighted by atomic mass is 10.1. The Morgan fingerprint density at radius 3 is 2.09 bits per heavy atom. The average Bonchev–Trinajstić information content (AvgIpc) is 2.84. The van der Waals surface area contributed by atoms with E-state index in [4.69, 9.17) is 10.00 Å². The van der Waals surface area contributed by atoms with E-state index in [0.29, 0.717) is 33.8 Å². The second kappa shape index (κ2) is 10.6. The first-order valence-corrected chi connectivity index (χ1v) is 9.93. The molecule has 0 aliphatic rings. The summed E-state index contributed by atoms with van der Waals surface area (Å²) in [6, 6.07) is 19.8. The Morgan fingerprint density at radius 2 is 1.48 bits per heavy atom. The molecule has 8 heteroatoms. The number of anilines is 2. The van der Waals surface area contributed by atoms with Crippen LogP contribution in [0.2, 0.25) is 0 Å². The van der Waals surface area contributed by atoms with Gasteiger partial charge in [0.15, 0.2) is 6.61 Å². The predicted octanol–water partition coefficient (Wildman–Crippen LogP) is 3.92. The molecule has 0 spiro atoms. The Morgan fingerprint density at radius 1 is 0.879 bits per heavy atom. The van der Waals surface area contributed by atoms with Crippen LogP contribution in [-0.4, -0.2) is 31.5 Å². The molecule has 166 valence electrons. The lowest BCUT2D eigenvalue weighted by Crippen LogP contribution is -2.15. The van der Waals surface area contributed by atoms with Crippen molar-refractivity contribution in [1.29, 1.82) is 5.26 Å². The van der Waals surface area contributed by atoms with Gasteiger partial charge in [-0.05, 0) is 73.2 Å². The Kier molecular flexibility index (Phi) is 7.39. The molecule has 0 saturated heterocycles. The summed E-state index contributed by atoms with van der Waals surface area (Å²) in [5.74, 6) is -0.740. The second-order valence-electron chi connectivity index (χ2n) is 7.02. The molecule has 0 aliphatic carbocycles. The summed E-state index contributed by atoms with van der Waals surface area (Å²) in [5.41, 5.74) is 3.15. The number of nitrogens with zero attached hydrogens (tertiary/aromatic N) is 1. The highest BCUT2D eigenvalue weighted by molar-refractivity contribution is 6.06. The third kappa shape index (κ3) is 6.18. The minimum absolute atomic E-state index is 0.220. The molecule has 0 aromatic heterocycles. The molecule has 0 aliphatic heterocycles. The fraction of sp³-hybridized carbons (Fsp3) is 0.120. The average molecular weight is 443 g/mol. The van der Waals surface area contributed by atoms with E-state index in [1.54, 1.807) is 66.7 Å².